The lowest BCUT2D eigenvalue weighted by molar-refractivity contribution is -0.146. The van der Waals surface area contributed by atoms with Crippen molar-refractivity contribution in [2.75, 3.05) is 33.4 Å². The van der Waals surface area contributed by atoms with E-state index < -0.39 is 12.1 Å². The third kappa shape index (κ3) is 5.62. The molecule has 4 rings (SSSR count). The number of carbonyl (C=O) groups is 2. The minimum absolute atomic E-state index is 0.0823. The normalized spacial score (nSPS) is 20.8. The summed E-state index contributed by atoms with van der Waals surface area (Å²) in [6.07, 6.45) is 2.09. The van der Waals surface area contributed by atoms with Crippen molar-refractivity contribution >= 4 is 11.8 Å². The highest BCUT2D eigenvalue weighted by atomic mass is 16.5. The van der Waals surface area contributed by atoms with Crippen LogP contribution in [0.4, 0.5) is 0 Å². The second-order valence-corrected chi connectivity index (χ2v) is 8.64. The van der Waals surface area contributed by atoms with E-state index in [0.717, 1.165) is 18.6 Å². The van der Waals surface area contributed by atoms with Gasteiger partial charge >= 0.3 is 0 Å². The van der Waals surface area contributed by atoms with E-state index in [1.165, 1.54) is 0 Å². The van der Waals surface area contributed by atoms with E-state index in [9.17, 15) is 14.7 Å². The number of nitrogens with zero attached hydrogens (tertiary/aromatic N) is 2. The maximum atomic E-state index is 13.4. The molecule has 3 atom stereocenters. The molecule has 2 fully saturated rings. The van der Waals surface area contributed by atoms with E-state index in [1.54, 1.807) is 53.3 Å². The van der Waals surface area contributed by atoms with Gasteiger partial charge in [0, 0.05) is 13.1 Å². The lowest BCUT2D eigenvalue weighted by Crippen LogP contribution is -2.53. The predicted octanol–water partition coefficient (Wildman–Crippen LogP) is 2.50. The molecule has 0 aliphatic carbocycles. The molecule has 2 aromatic carbocycles. The second kappa shape index (κ2) is 11.2. The molecule has 2 saturated heterocycles. The van der Waals surface area contributed by atoms with E-state index >= 15 is 0 Å². The fourth-order valence-corrected chi connectivity index (χ4v) is 4.69. The lowest BCUT2D eigenvalue weighted by atomic mass is 10.1. The fraction of sp³-hybridized carbons (Fsp3) is 0.462. The first-order valence-electron chi connectivity index (χ1n) is 11.8. The summed E-state index contributed by atoms with van der Waals surface area (Å²) in [5.41, 5.74) is 0. The number of rotatable bonds is 9. The van der Waals surface area contributed by atoms with Crippen LogP contribution in [0.5, 0.6) is 17.2 Å². The lowest BCUT2D eigenvalue weighted by Gasteiger charge is -2.33. The molecule has 34 heavy (non-hydrogen) atoms. The Balaban J connectivity index is 1.33. The van der Waals surface area contributed by atoms with Crippen molar-refractivity contribution in [2.45, 2.75) is 43.9 Å². The van der Waals surface area contributed by atoms with Gasteiger partial charge in [-0.3, -0.25) is 9.59 Å². The van der Waals surface area contributed by atoms with Crippen LogP contribution in [0.2, 0.25) is 0 Å². The molecule has 1 unspecified atom stereocenters. The Morgan fingerprint density at radius 2 is 1.56 bits per heavy atom. The minimum Gasteiger partial charge on any atom is -0.497 e. The van der Waals surface area contributed by atoms with Crippen LogP contribution in [0, 0.1) is 0 Å². The third-order valence-electron chi connectivity index (χ3n) is 6.47. The molecule has 2 aliphatic heterocycles. The van der Waals surface area contributed by atoms with Gasteiger partial charge in [0.15, 0.2) is 6.61 Å². The number of para-hydroxylation sites is 1. The van der Waals surface area contributed by atoms with Crippen molar-refractivity contribution in [2.24, 2.45) is 0 Å². The highest BCUT2D eigenvalue weighted by Gasteiger charge is 2.42. The molecule has 8 nitrogen and oxygen atoms in total. The topological polar surface area (TPSA) is 88.5 Å². The van der Waals surface area contributed by atoms with E-state index in [1.807, 2.05) is 18.2 Å². The Kier molecular flexibility index (Phi) is 7.90. The maximum absolute atomic E-state index is 13.4. The number of aliphatic hydroxyl groups excluding tert-OH is 1. The summed E-state index contributed by atoms with van der Waals surface area (Å²) in [5.74, 6) is 1.68. The van der Waals surface area contributed by atoms with Crippen LogP contribution in [0.15, 0.2) is 54.6 Å². The smallest absolute Gasteiger partial charge is 0.261 e. The van der Waals surface area contributed by atoms with Crippen LogP contribution in [0.1, 0.15) is 25.7 Å². The van der Waals surface area contributed by atoms with Crippen molar-refractivity contribution in [3.05, 3.63) is 54.6 Å². The number of aliphatic hydroxyl groups is 1. The van der Waals surface area contributed by atoms with E-state index in [0.29, 0.717) is 37.4 Å². The molecule has 2 aromatic rings. The molecule has 0 saturated carbocycles. The zero-order valence-electron chi connectivity index (χ0n) is 19.5. The summed E-state index contributed by atoms with van der Waals surface area (Å²) >= 11 is 0. The molecular weight excluding hydrogens is 436 g/mol. The van der Waals surface area contributed by atoms with Crippen molar-refractivity contribution in [1.29, 1.82) is 0 Å². The number of hydrogen-bond donors (Lipinski definition) is 1. The monoisotopic (exact) mass is 468 g/mol. The highest BCUT2D eigenvalue weighted by Crippen LogP contribution is 2.27. The first kappa shape index (κ1) is 23.9. The first-order valence-corrected chi connectivity index (χ1v) is 11.8. The minimum atomic E-state index is -0.819. The number of hydrogen-bond acceptors (Lipinski definition) is 6. The van der Waals surface area contributed by atoms with Crippen LogP contribution in [-0.2, 0) is 9.59 Å². The van der Waals surface area contributed by atoms with Crippen molar-refractivity contribution in [3.8, 4) is 17.2 Å². The summed E-state index contributed by atoms with van der Waals surface area (Å²) in [6, 6.07) is 15.5. The molecule has 0 radical (unpaired) electrons. The molecule has 2 amide bonds. The Morgan fingerprint density at radius 1 is 0.912 bits per heavy atom. The largest absolute Gasteiger partial charge is 0.497 e. The summed E-state index contributed by atoms with van der Waals surface area (Å²) in [6.45, 7) is 1.09. The average Bonchev–Trinajstić information content (AvgIpc) is 3.57. The zero-order valence-corrected chi connectivity index (χ0v) is 19.5. The van der Waals surface area contributed by atoms with Gasteiger partial charge in [-0.25, -0.2) is 0 Å². The van der Waals surface area contributed by atoms with Gasteiger partial charge in [-0.1, -0.05) is 18.2 Å². The molecular formula is C26H32N2O6. The molecule has 182 valence electrons. The fourth-order valence-electron chi connectivity index (χ4n) is 4.69. The first-order chi connectivity index (χ1) is 16.6. The molecule has 2 aliphatic rings. The number of likely N-dealkylation sites (tertiary alicyclic amines) is 2. The molecule has 0 bridgehead atoms. The Labute approximate surface area is 200 Å². The quantitative estimate of drug-likeness (QED) is 0.608. The van der Waals surface area contributed by atoms with E-state index in [-0.39, 0.29) is 31.1 Å². The molecule has 2 heterocycles. The third-order valence-corrected chi connectivity index (χ3v) is 6.47. The standard InChI is InChI=1S/C26H32N2O6/c1-32-19-11-13-21(14-12-19)33-17-24(29)22-9-5-16-28(22)26(31)23-10-6-15-27(23)25(30)18-34-20-7-3-2-4-8-20/h2-4,7-8,11-14,22-24,29H,5-6,9-10,15-18H2,1H3/t22-,23+,24?/m0/s1. The Bertz CT molecular complexity index is 952. The van der Waals surface area contributed by atoms with Gasteiger partial charge < -0.3 is 29.1 Å². The molecule has 1 N–H and O–H groups in total. The van der Waals surface area contributed by atoms with Gasteiger partial charge in [-0.15, -0.1) is 0 Å². The molecule has 0 aromatic heterocycles. The number of ether oxygens (including phenoxy) is 3. The summed E-state index contributed by atoms with van der Waals surface area (Å²) in [7, 11) is 1.60. The van der Waals surface area contributed by atoms with Gasteiger partial charge in [0.1, 0.15) is 36.0 Å². The van der Waals surface area contributed by atoms with Gasteiger partial charge in [0.05, 0.1) is 13.2 Å². The average molecular weight is 469 g/mol. The number of methoxy groups -OCH3 is 1. The SMILES string of the molecule is COc1ccc(OCC(O)[C@@H]2CCCN2C(=O)[C@H]2CCCN2C(=O)COc2ccccc2)cc1. The summed E-state index contributed by atoms with van der Waals surface area (Å²) in [5, 5.41) is 10.8. The maximum Gasteiger partial charge on any atom is 0.261 e. The van der Waals surface area contributed by atoms with Crippen LogP contribution in [-0.4, -0.2) is 78.3 Å². The Hall–Kier alpha value is -3.26. The van der Waals surface area contributed by atoms with Crippen LogP contribution in [0.25, 0.3) is 0 Å². The van der Waals surface area contributed by atoms with E-state index in [4.69, 9.17) is 14.2 Å². The van der Waals surface area contributed by atoms with E-state index in [2.05, 4.69) is 0 Å². The van der Waals surface area contributed by atoms with Gasteiger partial charge in [-0.05, 0) is 62.1 Å². The second-order valence-electron chi connectivity index (χ2n) is 8.64. The molecule has 0 spiro atoms. The Morgan fingerprint density at radius 3 is 2.29 bits per heavy atom. The van der Waals surface area contributed by atoms with Gasteiger partial charge in [0.2, 0.25) is 5.91 Å². The van der Waals surface area contributed by atoms with Gasteiger partial charge in [0.25, 0.3) is 5.91 Å². The van der Waals surface area contributed by atoms with Crippen molar-refractivity contribution < 1.29 is 28.9 Å². The van der Waals surface area contributed by atoms with Crippen LogP contribution in [0.3, 0.4) is 0 Å². The highest BCUT2D eigenvalue weighted by molar-refractivity contribution is 5.89. The van der Waals surface area contributed by atoms with Crippen LogP contribution >= 0.6 is 0 Å². The number of benzene rings is 2. The number of amides is 2. The van der Waals surface area contributed by atoms with Crippen molar-refractivity contribution in [3.63, 3.8) is 0 Å². The number of carbonyl (C=O) groups excluding carboxylic acids is 2. The summed E-state index contributed by atoms with van der Waals surface area (Å²) < 4.78 is 16.5. The zero-order chi connectivity index (χ0) is 23.9. The molecule has 8 heteroatoms. The van der Waals surface area contributed by atoms with Crippen LogP contribution < -0.4 is 14.2 Å². The van der Waals surface area contributed by atoms with Gasteiger partial charge in [-0.2, -0.15) is 0 Å². The summed E-state index contributed by atoms with van der Waals surface area (Å²) in [4.78, 5) is 29.6. The van der Waals surface area contributed by atoms with Crippen molar-refractivity contribution in [1.82, 2.24) is 9.80 Å². The predicted molar refractivity (Wildman–Crippen MR) is 126 cm³/mol.